The van der Waals surface area contributed by atoms with Gasteiger partial charge in [0.25, 0.3) is 0 Å². The number of hydrogen-bond donors (Lipinski definition) is 0. The van der Waals surface area contributed by atoms with Gasteiger partial charge in [0.05, 0.1) is 13.8 Å². The summed E-state index contributed by atoms with van der Waals surface area (Å²) in [5.41, 5.74) is 4.86. The van der Waals surface area contributed by atoms with Crippen molar-refractivity contribution in [3.8, 4) is 89.7 Å². The Balaban J connectivity index is 1.20. The van der Waals surface area contributed by atoms with Gasteiger partial charge >= 0.3 is 11.7 Å². The van der Waals surface area contributed by atoms with Gasteiger partial charge in [0, 0.05) is 41.1 Å². The van der Waals surface area contributed by atoms with Crippen LogP contribution in [0.15, 0.2) is 200 Å². The molecule has 13 rings (SSSR count). The third-order valence-corrected chi connectivity index (χ3v) is 13.4. The van der Waals surface area contributed by atoms with E-state index in [1.165, 1.54) is 4.57 Å². The average Bonchev–Trinajstić information content (AvgIpc) is 1.55. The summed E-state index contributed by atoms with van der Waals surface area (Å²) in [5.74, 6) is -0.898. The monoisotopic (exact) mass is 882 g/mol. The van der Waals surface area contributed by atoms with E-state index in [1.807, 2.05) is 126 Å². The number of para-hydroxylation sites is 2. The van der Waals surface area contributed by atoms with Gasteiger partial charge in [-0.1, -0.05) is 175 Å². The predicted molar refractivity (Wildman–Crippen MR) is 272 cm³/mol. The molecule has 0 bridgehead atoms. The van der Waals surface area contributed by atoms with Gasteiger partial charge in [0.15, 0.2) is 17.2 Å². The van der Waals surface area contributed by atoms with Crippen molar-refractivity contribution in [3.63, 3.8) is 0 Å². The molecular formula is C63H51N3O+2. The standard InChI is InChI=1S/C63H51N3O/c1-61(2,3)46-31-29-41(30-32-46)44-33-34-64-55(37-44)52-36-45(40-19-10-7-11-20-40)35-51-47-26-18-27-54-59(47)66-60(48-25-16-17-28-57(48)67-63(64,66)58(51)52)65(54)56-39-49(42-21-12-8-13-22-42)53(62(4,5)6)38-50(56)43-23-14-9-15-24-43/h7-39H,1-6H3/q+2/i1D3,2D3,3D3,29D,30D,31D,32D,33D,34D,37D. The van der Waals surface area contributed by atoms with E-state index in [1.54, 1.807) is 0 Å². The zero-order chi connectivity index (χ0) is 59.0. The van der Waals surface area contributed by atoms with Crippen molar-refractivity contribution in [2.75, 3.05) is 0 Å². The number of imidazole rings is 1. The lowest BCUT2D eigenvalue weighted by atomic mass is 9.79. The van der Waals surface area contributed by atoms with Gasteiger partial charge in [0.2, 0.25) is 5.69 Å². The van der Waals surface area contributed by atoms with Crippen LogP contribution in [0.3, 0.4) is 0 Å². The van der Waals surface area contributed by atoms with Gasteiger partial charge in [-0.05, 0) is 109 Å². The highest BCUT2D eigenvalue weighted by molar-refractivity contribution is 6.00. The van der Waals surface area contributed by atoms with Crippen molar-refractivity contribution < 1.29 is 35.8 Å². The summed E-state index contributed by atoms with van der Waals surface area (Å²) in [6.45, 7) is -5.21. The molecule has 0 saturated heterocycles. The van der Waals surface area contributed by atoms with Crippen LogP contribution in [0.4, 0.5) is 0 Å². The first kappa shape index (κ1) is 26.4. The molecule has 0 fully saturated rings. The van der Waals surface area contributed by atoms with E-state index in [2.05, 4.69) is 61.7 Å². The molecule has 2 aromatic heterocycles. The molecule has 3 aliphatic heterocycles. The van der Waals surface area contributed by atoms with Crippen LogP contribution in [0.5, 0.6) is 5.75 Å². The topological polar surface area (TPSA) is 21.9 Å². The number of fused-ring (bicyclic) bond motifs is 5. The summed E-state index contributed by atoms with van der Waals surface area (Å²) in [5, 5.41) is 0. The SMILES string of the molecule is [2H]c1c([2H])c(C(C([2H])([2H])[2H])(C([2H])([2H])[2H])C([2H])([2H])[2H])c([2H])c([2H])c1-c1c([2H])c([2H])[n+]2c(c1[2H])-c1cc(-c3ccccc3)cc3c1C21Oc2ccccc2-c2n(-c4cc(-c5ccccc5)c(C(C)(C)C)cc4-c4ccccc4)c4cccc-3c4[n+]21. The summed E-state index contributed by atoms with van der Waals surface area (Å²) >= 11 is 0. The van der Waals surface area contributed by atoms with E-state index in [-0.39, 0.29) is 11.1 Å². The maximum atomic E-state index is 10.4. The van der Waals surface area contributed by atoms with Crippen LogP contribution in [0.1, 0.15) is 79.9 Å². The fraction of sp³-hybridized carbons (Fsp3) is 0.143. The average molecular weight is 882 g/mol. The van der Waals surface area contributed by atoms with E-state index in [4.69, 9.17) is 17.1 Å². The molecule has 0 N–H and O–H groups in total. The molecule has 67 heavy (non-hydrogen) atoms. The van der Waals surface area contributed by atoms with Crippen LogP contribution in [0.25, 0.3) is 95.0 Å². The summed E-state index contributed by atoms with van der Waals surface area (Å²) < 4.78 is 158. The first-order valence-corrected chi connectivity index (χ1v) is 22.3. The highest BCUT2D eigenvalue weighted by Crippen LogP contribution is 2.55. The van der Waals surface area contributed by atoms with E-state index in [0.717, 1.165) is 50.1 Å². The van der Waals surface area contributed by atoms with Crippen LogP contribution in [0.2, 0.25) is 0 Å². The van der Waals surface area contributed by atoms with Crippen molar-refractivity contribution >= 4 is 11.0 Å². The minimum atomic E-state index is -3.94. The Morgan fingerprint density at radius 3 is 1.88 bits per heavy atom. The van der Waals surface area contributed by atoms with Crippen LogP contribution in [-0.4, -0.2) is 4.57 Å². The molecule has 4 heteroatoms. The largest absolute Gasteiger partial charge is 0.499 e. The Morgan fingerprint density at radius 2 is 1.18 bits per heavy atom. The second-order valence-corrected chi connectivity index (χ2v) is 18.5. The Morgan fingerprint density at radius 1 is 0.537 bits per heavy atom. The number of hydrogen-bond acceptors (Lipinski definition) is 1. The molecule has 0 saturated carbocycles. The molecule has 3 aliphatic rings. The number of ether oxygens (including phenoxy) is 1. The van der Waals surface area contributed by atoms with Gasteiger partial charge in [-0.25, -0.2) is 0 Å². The summed E-state index contributed by atoms with van der Waals surface area (Å²) in [6.07, 6.45) is -0.582. The zero-order valence-electron chi connectivity index (χ0n) is 52.8. The molecule has 0 radical (unpaired) electrons. The number of pyridine rings is 1. The van der Waals surface area contributed by atoms with Crippen molar-refractivity contribution in [2.24, 2.45) is 0 Å². The molecule has 1 spiro atoms. The molecule has 0 amide bonds. The molecule has 0 aliphatic carbocycles. The van der Waals surface area contributed by atoms with Gasteiger partial charge in [-0.2, -0.15) is 4.57 Å². The summed E-state index contributed by atoms with van der Waals surface area (Å²) in [4.78, 5) is 0. The maximum absolute atomic E-state index is 10.4. The smallest absolute Gasteiger partial charge is 0.392 e. The lowest BCUT2D eigenvalue weighted by Gasteiger charge is -2.32. The third kappa shape index (κ3) is 5.72. The Hall–Kier alpha value is -7.82. The van der Waals surface area contributed by atoms with E-state index >= 15 is 0 Å². The predicted octanol–water partition coefficient (Wildman–Crippen LogP) is 14.7. The Bertz CT molecular complexity index is 4360. The number of rotatable bonds is 5. The normalized spacial score (nSPS) is 19.2. The molecule has 10 aromatic rings. The Kier molecular flexibility index (Phi) is 5.54. The molecule has 1 atom stereocenters. The number of benzene rings is 8. The van der Waals surface area contributed by atoms with Crippen molar-refractivity contribution in [2.45, 2.75) is 58.0 Å². The maximum Gasteiger partial charge on any atom is 0.499 e. The molecule has 4 nitrogen and oxygen atoms in total. The highest BCUT2D eigenvalue weighted by Gasteiger charge is 2.68. The third-order valence-electron chi connectivity index (χ3n) is 13.4. The lowest BCUT2D eigenvalue weighted by Crippen LogP contribution is -2.78. The lowest BCUT2D eigenvalue weighted by molar-refractivity contribution is -0.997. The summed E-state index contributed by atoms with van der Waals surface area (Å²) in [7, 11) is 0. The van der Waals surface area contributed by atoms with Gasteiger partial charge in [-0.15, -0.1) is 9.13 Å². The quantitative estimate of drug-likeness (QED) is 0.158. The van der Waals surface area contributed by atoms with Crippen LogP contribution in [-0.2, 0) is 16.7 Å². The highest BCUT2D eigenvalue weighted by atomic mass is 16.5. The van der Waals surface area contributed by atoms with Gasteiger partial charge in [-0.3, -0.25) is 0 Å². The molecular weight excluding hydrogens is 815 g/mol. The molecule has 1 unspecified atom stereocenters. The minimum Gasteiger partial charge on any atom is -0.392 e. The Labute approximate surface area is 415 Å². The first-order chi connectivity index (χ1) is 39.2. The number of aromatic nitrogens is 3. The first-order valence-electron chi connectivity index (χ1n) is 30.3. The van der Waals surface area contributed by atoms with Crippen molar-refractivity contribution in [1.29, 1.82) is 0 Å². The molecule has 8 aromatic carbocycles. The molecule has 322 valence electrons. The van der Waals surface area contributed by atoms with Crippen LogP contribution >= 0.6 is 0 Å². The van der Waals surface area contributed by atoms with Gasteiger partial charge in [0.1, 0.15) is 23.9 Å². The van der Waals surface area contributed by atoms with Crippen LogP contribution in [0, 0.1) is 0 Å². The van der Waals surface area contributed by atoms with E-state index in [9.17, 15) is 9.60 Å². The van der Waals surface area contributed by atoms with Crippen molar-refractivity contribution in [1.82, 2.24) is 4.57 Å². The van der Waals surface area contributed by atoms with E-state index in [0.29, 0.717) is 44.9 Å². The fourth-order valence-electron chi connectivity index (χ4n) is 10.5. The van der Waals surface area contributed by atoms with E-state index < -0.39 is 90.9 Å². The zero-order valence-corrected chi connectivity index (χ0v) is 36.8. The molecule has 5 heterocycles. The second-order valence-electron chi connectivity index (χ2n) is 18.5. The fourth-order valence-corrected chi connectivity index (χ4v) is 10.5. The minimum absolute atomic E-state index is 0.00445. The van der Waals surface area contributed by atoms with Crippen LogP contribution < -0.4 is 13.9 Å². The number of nitrogens with zero attached hydrogens (tertiary/aromatic N) is 3. The van der Waals surface area contributed by atoms with Gasteiger partial charge < -0.3 is 4.74 Å². The summed E-state index contributed by atoms with van der Waals surface area (Å²) in [6, 6.07) is 46.0. The van der Waals surface area contributed by atoms with Crippen molar-refractivity contribution in [3.05, 3.63) is 217 Å². The second kappa shape index (κ2) is 14.1.